The van der Waals surface area contributed by atoms with Crippen LogP contribution in [-0.4, -0.2) is 25.4 Å². The lowest BCUT2D eigenvalue weighted by Crippen LogP contribution is -2.42. The van der Waals surface area contributed by atoms with Crippen molar-refractivity contribution in [1.29, 1.82) is 0 Å². The fourth-order valence-electron chi connectivity index (χ4n) is 1.66. The Kier molecular flexibility index (Phi) is 2.65. The zero-order chi connectivity index (χ0) is 10.1. The van der Waals surface area contributed by atoms with E-state index < -0.39 is 0 Å². The molecule has 4 heteroatoms. The van der Waals surface area contributed by atoms with Gasteiger partial charge in [0.25, 0.3) is 0 Å². The first-order chi connectivity index (χ1) is 6.74. The van der Waals surface area contributed by atoms with Crippen molar-refractivity contribution in [3.05, 3.63) is 24.0 Å². The molecule has 0 bridgehead atoms. The van der Waals surface area contributed by atoms with Gasteiger partial charge in [0, 0.05) is 24.2 Å². The van der Waals surface area contributed by atoms with Crippen molar-refractivity contribution in [2.45, 2.75) is 10.9 Å². The average molecular weight is 212 g/mol. The molecule has 1 aromatic carbocycles. The fourth-order valence-corrected chi connectivity index (χ4v) is 2.95. The molecule has 0 aromatic heterocycles. The van der Waals surface area contributed by atoms with Crippen molar-refractivity contribution in [2.24, 2.45) is 5.73 Å². The number of likely N-dealkylation sites (N-methyl/N-ethyl adjacent to an activating group) is 1. The number of nitrogens with zero attached hydrogens (tertiary/aromatic N) is 1. The minimum atomic E-state index is -0.157. The topological polar surface area (TPSA) is 29.3 Å². The quantitative estimate of drug-likeness (QED) is 0.768. The molecule has 0 amide bonds. The molecule has 1 aliphatic rings. The molecular formula is C10H13FN2S. The lowest BCUT2D eigenvalue weighted by atomic mass is 10.2. The van der Waals surface area contributed by atoms with Crippen molar-refractivity contribution in [3.63, 3.8) is 0 Å². The molecule has 1 unspecified atom stereocenters. The largest absolute Gasteiger partial charge is 0.366 e. The molecule has 1 aliphatic heterocycles. The lowest BCUT2D eigenvalue weighted by molar-refractivity contribution is 0.600. The van der Waals surface area contributed by atoms with Crippen LogP contribution in [0.4, 0.5) is 10.1 Å². The SMILES string of the molecule is CN1c2c(F)cccc2SCC1CN. The van der Waals surface area contributed by atoms with Crippen LogP contribution in [0.25, 0.3) is 0 Å². The Balaban J connectivity index is 2.43. The number of para-hydroxylation sites is 1. The zero-order valence-electron chi connectivity index (χ0n) is 8.03. The summed E-state index contributed by atoms with van der Waals surface area (Å²) in [6.07, 6.45) is 0. The van der Waals surface area contributed by atoms with E-state index in [1.54, 1.807) is 17.8 Å². The first-order valence-corrected chi connectivity index (χ1v) is 5.57. The third kappa shape index (κ3) is 1.48. The van der Waals surface area contributed by atoms with Gasteiger partial charge in [-0.2, -0.15) is 0 Å². The minimum absolute atomic E-state index is 0.157. The number of nitrogens with two attached hydrogens (primary N) is 1. The summed E-state index contributed by atoms with van der Waals surface area (Å²) in [5.74, 6) is 0.777. The van der Waals surface area contributed by atoms with E-state index in [-0.39, 0.29) is 11.9 Å². The van der Waals surface area contributed by atoms with E-state index in [0.29, 0.717) is 12.2 Å². The summed E-state index contributed by atoms with van der Waals surface area (Å²) in [6.45, 7) is 0.567. The summed E-state index contributed by atoms with van der Waals surface area (Å²) >= 11 is 1.68. The Hall–Kier alpha value is -0.740. The Morgan fingerprint density at radius 1 is 1.64 bits per heavy atom. The highest BCUT2D eigenvalue weighted by atomic mass is 32.2. The van der Waals surface area contributed by atoms with Crippen LogP contribution in [-0.2, 0) is 0 Å². The molecule has 1 heterocycles. The Bertz CT molecular complexity index is 343. The summed E-state index contributed by atoms with van der Waals surface area (Å²) < 4.78 is 13.5. The normalized spacial score (nSPS) is 20.8. The van der Waals surface area contributed by atoms with E-state index >= 15 is 0 Å². The standard InChI is InChI=1S/C10H13FN2S/c1-13-7(5-12)6-14-9-4-2-3-8(11)10(9)13/h2-4,7H,5-6,12H2,1H3. The molecule has 0 radical (unpaired) electrons. The molecule has 14 heavy (non-hydrogen) atoms. The summed E-state index contributed by atoms with van der Waals surface area (Å²) in [6, 6.07) is 5.43. The maximum Gasteiger partial charge on any atom is 0.147 e. The molecule has 0 aliphatic carbocycles. The van der Waals surface area contributed by atoms with Gasteiger partial charge in [-0.05, 0) is 12.1 Å². The molecule has 0 saturated carbocycles. The predicted octanol–water partition coefficient (Wildman–Crippen LogP) is 1.69. The first-order valence-electron chi connectivity index (χ1n) is 4.58. The molecule has 2 N–H and O–H groups in total. The van der Waals surface area contributed by atoms with E-state index in [1.165, 1.54) is 6.07 Å². The smallest absolute Gasteiger partial charge is 0.147 e. The number of thioether (sulfide) groups is 1. The van der Waals surface area contributed by atoms with Crippen LogP contribution >= 0.6 is 11.8 Å². The van der Waals surface area contributed by atoms with Crippen LogP contribution in [0.1, 0.15) is 0 Å². The van der Waals surface area contributed by atoms with Crippen LogP contribution in [0.5, 0.6) is 0 Å². The Morgan fingerprint density at radius 2 is 2.43 bits per heavy atom. The number of fused-ring (bicyclic) bond motifs is 1. The number of hydrogen-bond donors (Lipinski definition) is 1. The third-order valence-electron chi connectivity index (χ3n) is 2.55. The molecule has 1 atom stereocenters. The van der Waals surface area contributed by atoms with Gasteiger partial charge >= 0.3 is 0 Å². The second kappa shape index (κ2) is 3.79. The molecule has 2 rings (SSSR count). The van der Waals surface area contributed by atoms with Gasteiger partial charge in [-0.3, -0.25) is 0 Å². The number of halogens is 1. The Morgan fingerprint density at radius 3 is 3.14 bits per heavy atom. The number of benzene rings is 1. The first kappa shape index (κ1) is 9.80. The summed E-state index contributed by atoms with van der Waals surface area (Å²) in [5.41, 5.74) is 6.32. The van der Waals surface area contributed by atoms with Gasteiger partial charge < -0.3 is 10.6 Å². The Labute approximate surface area is 87.3 Å². The predicted molar refractivity (Wildman–Crippen MR) is 58.4 cm³/mol. The summed E-state index contributed by atoms with van der Waals surface area (Å²) in [5, 5.41) is 0. The molecule has 76 valence electrons. The zero-order valence-corrected chi connectivity index (χ0v) is 8.85. The van der Waals surface area contributed by atoms with Gasteiger partial charge in [-0.25, -0.2) is 4.39 Å². The van der Waals surface area contributed by atoms with Crippen LogP contribution in [0.2, 0.25) is 0 Å². The number of anilines is 1. The highest BCUT2D eigenvalue weighted by molar-refractivity contribution is 7.99. The van der Waals surface area contributed by atoms with Gasteiger partial charge in [0.1, 0.15) is 5.82 Å². The molecular weight excluding hydrogens is 199 g/mol. The van der Waals surface area contributed by atoms with E-state index in [0.717, 1.165) is 10.6 Å². The summed E-state index contributed by atoms with van der Waals surface area (Å²) in [7, 11) is 1.90. The van der Waals surface area contributed by atoms with Gasteiger partial charge in [0.15, 0.2) is 0 Å². The monoisotopic (exact) mass is 212 g/mol. The second-order valence-corrected chi connectivity index (χ2v) is 4.46. The van der Waals surface area contributed by atoms with Crippen LogP contribution in [0.3, 0.4) is 0 Å². The van der Waals surface area contributed by atoms with E-state index in [4.69, 9.17) is 5.73 Å². The number of rotatable bonds is 1. The van der Waals surface area contributed by atoms with Crippen molar-refractivity contribution in [2.75, 3.05) is 24.2 Å². The second-order valence-electron chi connectivity index (χ2n) is 3.40. The molecule has 1 aromatic rings. The van der Waals surface area contributed by atoms with Gasteiger partial charge in [-0.1, -0.05) is 6.07 Å². The van der Waals surface area contributed by atoms with Gasteiger partial charge in [0.2, 0.25) is 0 Å². The molecule has 0 spiro atoms. The highest BCUT2D eigenvalue weighted by Gasteiger charge is 2.25. The van der Waals surface area contributed by atoms with E-state index in [9.17, 15) is 4.39 Å². The average Bonchev–Trinajstić information content (AvgIpc) is 2.18. The van der Waals surface area contributed by atoms with Crippen molar-refractivity contribution in [1.82, 2.24) is 0 Å². The van der Waals surface area contributed by atoms with Crippen LogP contribution in [0.15, 0.2) is 23.1 Å². The number of hydrogen-bond acceptors (Lipinski definition) is 3. The van der Waals surface area contributed by atoms with Gasteiger partial charge in [0.05, 0.1) is 11.7 Å². The fraction of sp³-hybridized carbons (Fsp3) is 0.400. The lowest BCUT2D eigenvalue weighted by Gasteiger charge is -2.34. The van der Waals surface area contributed by atoms with Crippen molar-refractivity contribution in [3.8, 4) is 0 Å². The maximum atomic E-state index is 13.5. The van der Waals surface area contributed by atoms with Crippen LogP contribution in [0, 0.1) is 5.82 Å². The molecule has 0 saturated heterocycles. The van der Waals surface area contributed by atoms with E-state index in [1.807, 2.05) is 18.0 Å². The summed E-state index contributed by atoms with van der Waals surface area (Å²) in [4.78, 5) is 2.96. The molecule has 2 nitrogen and oxygen atoms in total. The van der Waals surface area contributed by atoms with Crippen molar-refractivity contribution >= 4 is 17.4 Å². The van der Waals surface area contributed by atoms with Gasteiger partial charge in [-0.15, -0.1) is 11.8 Å². The van der Waals surface area contributed by atoms with E-state index in [2.05, 4.69) is 0 Å². The third-order valence-corrected chi connectivity index (χ3v) is 3.75. The van der Waals surface area contributed by atoms with Crippen LogP contribution < -0.4 is 10.6 Å². The highest BCUT2D eigenvalue weighted by Crippen LogP contribution is 2.37. The maximum absolute atomic E-state index is 13.5. The minimum Gasteiger partial charge on any atom is -0.366 e. The molecule has 0 fully saturated rings. The van der Waals surface area contributed by atoms with Crippen molar-refractivity contribution < 1.29 is 4.39 Å².